The van der Waals surface area contributed by atoms with Crippen molar-refractivity contribution >= 4 is 16.8 Å². The number of para-hydroxylation sites is 1. The number of nitrogens with zero attached hydrogens (tertiary/aromatic N) is 1. The molecule has 98 valence electrons. The Bertz CT molecular complexity index is 663. The van der Waals surface area contributed by atoms with Crippen LogP contribution >= 0.6 is 0 Å². The van der Waals surface area contributed by atoms with E-state index in [2.05, 4.69) is 4.98 Å². The summed E-state index contributed by atoms with van der Waals surface area (Å²) in [6, 6.07) is 7.84. The predicted molar refractivity (Wildman–Crippen MR) is 70.5 cm³/mol. The van der Waals surface area contributed by atoms with Crippen LogP contribution in [0.5, 0.6) is 0 Å². The van der Waals surface area contributed by atoms with Crippen molar-refractivity contribution in [3.8, 4) is 0 Å². The number of benzene rings is 1. The number of halogens is 1. The number of hydrogen-bond donors (Lipinski definition) is 1. The molecule has 3 nitrogen and oxygen atoms in total. The SMILES string of the molecule is O=C1CCCC2c3[nH]c4ccccc4c3C(F)CN12. The number of fused-ring (bicyclic) bond motifs is 5. The molecule has 2 aliphatic heterocycles. The van der Waals surface area contributed by atoms with Crippen LogP contribution in [0.3, 0.4) is 0 Å². The Labute approximate surface area is 110 Å². The molecule has 1 N–H and O–H groups in total. The standard InChI is InChI=1S/C15H15FN2O/c16-10-8-18-12(6-3-7-13(18)19)15-14(10)9-4-1-2-5-11(9)17-15/h1-2,4-5,10,12,17H,3,6-8H2. The van der Waals surface area contributed by atoms with Gasteiger partial charge in [-0.2, -0.15) is 0 Å². The number of H-pyrrole nitrogens is 1. The fourth-order valence-corrected chi connectivity index (χ4v) is 3.50. The number of piperidine rings is 1. The first-order chi connectivity index (χ1) is 9.25. The molecule has 0 saturated carbocycles. The molecule has 4 rings (SSSR count). The molecule has 0 aliphatic carbocycles. The Morgan fingerprint density at radius 1 is 1.32 bits per heavy atom. The molecular weight excluding hydrogens is 243 g/mol. The molecule has 1 aromatic heterocycles. The second-order valence-corrected chi connectivity index (χ2v) is 5.42. The summed E-state index contributed by atoms with van der Waals surface area (Å²) in [6.45, 7) is 0.207. The highest BCUT2D eigenvalue weighted by molar-refractivity contribution is 5.87. The molecule has 2 atom stereocenters. The van der Waals surface area contributed by atoms with Gasteiger partial charge in [-0.05, 0) is 18.9 Å². The third-order valence-corrected chi connectivity index (χ3v) is 4.34. The zero-order chi connectivity index (χ0) is 13.0. The van der Waals surface area contributed by atoms with Gasteiger partial charge < -0.3 is 9.88 Å². The molecule has 0 bridgehead atoms. The Morgan fingerprint density at radius 3 is 3.05 bits per heavy atom. The van der Waals surface area contributed by atoms with Gasteiger partial charge in [-0.25, -0.2) is 4.39 Å². The molecule has 3 heterocycles. The zero-order valence-corrected chi connectivity index (χ0v) is 10.5. The molecule has 1 amide bonds. The second kappa shape index (κ2) is 3.83. The number of rotatable bonds is 0. The number of hydrogen-bond acceptors (Lipinski definition) is 1. The lowest BCUT2D eigenvalue weighted by Crippen LogP contribution is -2.43. The second-order valence-electron chi connectivity index (χ2n) is 5.42. The van der Waals surface area contributed by atoms with E-state index in [-0.39, 0.29) is 18.5 Å². The van der Waals surface area contributed by atoms with Crippen molar-refractivity contribution in [3.05, 3.63) is 35.5 Å². The smallest absolute Gasteiger partial charge is 0.223 e. The van der Waals surface area contributed by atoms with Crippen LogP contribution in [0, 0.1) is 0 Å². The van der Waals surface area contributed by atoms with Gasteiger partial charge in [0.15, 0.2) is 0 Å². The lowest BCUT2D eigenvalue weighted by atomic mass is 9.89. The highest BCUT2D eigenvalue weighted by Gasteiger charge is 2.40. The minimum Gasteiger partial charge on any atom is -0.356 e. The highest BCUT2D eigenvalue weighted by atomic mass is 19.1. The van der Waals surface area contributed by atoms with E-state index in [1.165, 1.54) is 0 Å². The molecule has 1 fully saturated rings. The number of amides is 1. The van der Waals surface area contributed by atoms with Gasteiger partial charge in [0.05, 0.1) is 12.6 Å². The van der Waals surface area contributed by atoms with Crippen molar-refractivity contribution < 1.29 is 9.18 Å². The van der Waals surface area contributed by atoms with E-state index in [4.69, 9.17) is 0 Å². The summed E-state index contributed by atoms with van der Waals surface area (Å²) in [7, 11) is 0. The minimum absolute atomic E-state index is 0.0376. The van der Waals surface area contributed by atoms with Crippen molar-refractivity contribution in [2.45, 2.75) is 31.5 Å². The fraction of sp³-hybridized carbons (Fsp3) is 0.400. The van der Waals surface area contributed by atoms with E-state index in [0.717, 1.165) is 35.0 Å². The van der Waals surface area contributed by atoms with Crippen LogP contribution in [-0.2, 0) is 4.79 Å². The number of nitrogens with one attached hydrogen (secondary N) is 1. The predicted octanol–water partition coefficient (Wildman–Crippen LogP) is 3.25. The molecular formula is C15H15FN2O. The highest BCUT2D eigenvalue weighted by Crippen LogP contribution is 2.44. The first kappa shape index (κ1) is 11.0. The van der Waals surface area contributed by atoms with Gasteiger partial charge in [0.25, 0.3) is 0 Å². The Hall–Kier alpha value is -1.84. The minimum atomic E-state index is -1.08. The molecule has 2 unspecified atom stereocenters. The Morgan fingerprint density at radius 2 is 2.16 bits per heavy atom. The quantitative estimate of drug-likeness (QED) is 0.773. The molecule has 2 aliphatic rings. The van der Waals surface area contributed by atoms with Crippen LogP contribution < -0.4 is 0 Å². The Balaban J connectivity index is 1.94. The summed E-state index contributed by atoms with van der Waals surface area (Å²) < 4.78 is 14.5. The van der Waals surface area contributed by atoms with E-state index in [9.17, 15) is 9.18 Å². The van der Waals surface area contributed by atoms with Crippen molar-refractivity contribution in [2.24, 2.45) is 0 Å². The van der Waals surface area contributed by atoms with Gasteiger partial charge in [0, 0.05) is 28.6 Å². The monoisotopic (exact) mass is 258 g/mol. The van der Waals surface area contributed by atoms with Crippen molar-refractivity contribution in [2.75, 3.05) is 6.54 Å². The molecule has 1 aromatic carbocycles. The molecule has 2 aromatic rings. The Kier molecular flexibility index (Phi) is 2.22. The van der Waals surface area contributed by atoms with Gasteiger partial charge in [-0.1, -0.05) is 18.2 Å². The lowest BCUT2D eigenvalue weighted by molar-refractivity contribution is -0.138. The molecule has 19 heavy (non-hydrogen) atoms. The van der Waals surface area contributed by atoms with E-state index in [1.807, 2.05) is 24.3 Å². The van der Waals surface area contributed by atoms with Crippen LogP contribution in [0.4, 0.5) is 4.39 Å². The van der Waals surface area contributed by atoms with Gasteiger partial charge in [0.1, 0.15) is 6.17 Å². The number of aromatic nitrogens is 1. The molecule has 0 spiro atoms. The number of carbonyl (C=O) groups excluding carboxylic acids is 1. The van der Waals surface area contributed by atoms with Crippen LogP contribution in [-0.4, -0.2) is 22.3 Å². The van der Waals surface area contributed by atoms with Gasteiger partial charge in [-0.15, -0.1) is 0 Å². The van der Waals surface area contributed by atoms with Gasteiger partial charge in [0.2, 0.25) is 5.91 Å². The zero-order valence-electron chi connectivity index (χ0n) is 10.5. The van der Waals surface area contributed by atoms with Crippen LogP contribution in [0.1, 0.15) is 42.7 Å². The number of carbonyl (C=O) groups is 1. The van der Waals surface area contributed by atoms with E-state index in [1.54, 1.807) is 4.90 Å². The van der Waals surface area contributed by atoms with Gasteiger partial charge in [-0.3, -0.25) is 4.79 Å². The molecule has 4 heteroatoms. The topological polar surface area (TPSA) is 36.1 Å². The third-order valence-electron chi connectivity index (χ3n) is 4.34. The summed E-state index contributed by atoms with van der Waals surface area (Å²) in [5.41, 5.74) is 2.65. The van der Waals surface area contributed by atoms with Crippen molar-refractivity contribution in [1.82, 2.24) is 9.88 Å². The molecule has 0 radical (unpaired) electrons. The van der Waals surface area contributed by atoms with Crippen LogP contribution in [0.15, 0.2) is 24.3 Å². The number of aromatic amines is 1. The lowest BCUT2D eigenvalue weighted by Gasteiger charge is -2.40. The van der Waals surface area contributed by atoms with E-state index in [0.29, 0.717) is 6.42 Å². The summed E-state index contributed by atoms with van der Waals surface area (Å²) in [4.78, 5) is 17.0. The average Bonchev–Trinajstić information content (AvgIpc) is 2.80. The van der Waals surface area contributed by atoms with Crippen molar-refractivity contribution in [3.63, 3.8) is 0 Å². The van der Waals surface area contributed by atoms with E-state index < -0.39 is 6.17 Å². The average molecular weight is 258 g/mol. The van der Waals surface area contributed by atoms with Crippen LogP contribution in [0.25, 0.3) is 10.9 Å². The normalized spacial score (nSPS) is 26.4. The largest absolute Gasteiger partial charge is 0.356 e. The van der Waals surface area contributed by atoms with Crippen LogP contribution in [0.2, 0.25) is 0 Å². The van der Waals surface area contributed by atoms with E-state index >= 15 is 0 Å². The fourth-order valence-electron chi connectivity index (χ4n) is 3.50. The maximum absolute atomic E-state index is 14.5. The van der Waals surface area contributed by atoms with Crippen molar-refractivity contribution in [1.29, 1.82) is 0 Å². The summed E-state index contributed by atoms with van der Waals surface area (Å²) in [5.74, 6) is 0.0863. The molecule has 1 saturated heterocycles. The number of alkyl halides is 1. The first-order valence-corrected chi connectivity index (χ1v) is 6.80. The first-order valence-electron chi connectivity index (χ1n) is 6.80. The van der Waals surface area contributed by atoms with Gasteiger partial charge >= 0.3 is 0 Å². The maximum atomic E-state index is 14.5. The summed E-state index contributed by atoms with van der Waals surface area (Å²) >= 11 is 0. The summed E-state index contributed by atoms with van der Waals surface area (Å²) in [6.07, 6.45) is 1.30. The maximum Gasteiger partial charge on any atom is 0.223 e. The third kappa shape index (κ3) is 1.46. The summed E-state index contributed by atoms with van der Waals surface area (Å²) in [5, 5.41) is 0.961.